The highest BCUT2D eigenvalue weighted by atomic mass is 14.9. The molecule has 20 heavy (non-hydrogen) atoms. The fourth-order valence-corrected chi connectivity index (χ4v) is 2.49. The van der Waals surface area contributed by atoms with Crippen LogP contribution in [0, 0.1) is 0 Å². The van der Waals surface area contributed by atoms with E-state index in [1.807, 2.05) is 6.20 Å². The molecule has 1 aromatic heterocycles. The Balaban J connectivity index is 1.66. The molecule has 0 saturated heterocycles. The van der Waals surface area contributed by atoms with Crippen LogP contribution in [-0.4, -0.2) is 4.98 Å². The van der Waals surface area contributed by atoms with Gasteiger partial charge >= 0.3 is 0 Å². The molecular weight excluding hydrogens is 244 g/mol. The summed E-state index contributed by atoms with van der Waals surface area (Å²) in [4.78, 5) is 3.22. The Morgan fingerprint density at radius 1 is 0.950 bits per heavy atom. The van der Waals surface area contributed by atoms with Gasteiger partial charge in [-0.3, -0.25) is 0 Å². The highest BCUT2D eigenvalue weighted by molar-refractivity contribution is 5.79. The van der Waals surface area contributed by atoms with Crippen molar-refractivity contribution in [3.05, 3.63) is 65.9 Å². The first kappa shape index (κ1) is 12.8. The number of aromatic amines is 1. The normalized spacial score (nSPS) is 10.8. The molecule has 0 bridgehead atoms. The maximum Gasteiger partial charge on any atom is 0.0454 e. The van der Waals surface area contributed by atoms with E-state index in [9.17, 15) is 0 Å². The van der Waals surface area contributed by atoms with Gasteiger partial charge in [0, 0.05) is 23.9 Å². The van der Waals surface area contributed by atoms with E-state index in [1.54, 1.807) is 0 Å². The summed E-state index contributed by atoms with van der Waals surface area (Å²) in [7, 11) is 0. The maximum absolute atomic E-state index is 3.48. The molecule has 0 aliphatic heterocycles. The molecule has 0 atom stereocenters. The second kappa shape index (κ2) is 5.83. The monoisotopic (exact) mass is 264 g/mol. The van der Waals surface area contributed by atoms with Crippen LogP contribution in [-0.2, 0) is 13.0 Å². The molecule has 102 valence electrons. The van der Waals surface area contributed by atoms with Crippen molar-refractivity contribution in [2.24, 2.45) is 0 Å². The van der Waals surface area contributed by atoms with E-state index >= 15 is 0 Å². The summed E-state index contributed by atoms with van der Waals surface area (Å²) in [6.07, 6.45) is 4.34. The summed E-state index contributed by atoms with van der Waals surface area (Å²) in [6, 6.07) is 17.4. The zero-order chi connectivity index (χ0) is 13.8. The largest absolute Gasteiger partial charge is 0.381 e. The lowest BCUT2D eigenvalue weighted by Gasteiger charge is -2.08. The van der Waals surface area contributed by atoms with E-state index in [-0.39, 0.29) is 0 Å². The fourth-order valence-electron chi connectivity index (χ4n) is 2.49. The standard InChI is InChI=1S/C18H20N2/c1-2-3-14-4-7-17(8-5-14)20-13-15-6-9-18-16(12-15)10-11-19-18/h4-12,19-20H,2-3,13H2,1H3. The highest BCUT2D eigenvalue weighted by Gasteiger charge is 1.98. The Morgan fingerprint density at radius 3 is 2.55 bits per heavy atom. The summed E-state index contributed by atoms with van der Waals surface area (Å²) in [6.45, 7) is 3.07. The molecule has 0 unspecified atom stereocenters. The van der Waals surface area contributed by atoms with E-state index in [1.165, 1.54) is 34.1 Å². The van der Waals surface area contributed by atoms with Crippen molar-refractivity contribution in [1.29, 1.82) is 0 Å². The third-order valence-electron chi connectivity index (χ3n) is 3.61. The van der Waals surface area contributed by atoms with Crippen LogP contribution in [0.1, 0.15) is 24.5 Å². The topological polar surface area (TPSA) is 27.8 Å². The van der Waals surface area contributed by atoms with Gasteiger partial charge in [-0.05, 0) is 53.3 Å². The smallest absolute Gasteiger partial charge is 0.0454 e. The van der Waals surface area contributed by atoms with Gasteiger partial charge < -0.3 is 10.3 Å². The van der Waals surface area contributed by atoms with E-state index in [0.717, 1.165) is 13.0 Å². The first-order valence-corrected chi connectivity index (χ1v) is 7.24. The van der Waals surface area contributed by atoms with E-state index in [2.05, 4.69) is 65.8 Å². The van der Waals surface area contributed by atoms with Gasteiger partial charge in [-0.25, -0.2) is 0 Å². The Labute approximate surface area is 119 Å². The molecule has 0 aliphatic rings. The number of nitrogens with one attached hydrogen (secondary N) is 2. The third kappa shape index (κ3) is 2.85. The quantitative estimate of drug-likeness (QED) is 0.685. The number of hydrogen-bond acceptors (Lipinski definition) is 1. The average Bonchev–Trinajstić information content (AvgIpc) is 2.94. The molecular formula is C18H20N2. The van der Waals surface area contributed by atoms with Crippen LogP contribution < -0.4 is 5.32 Å². The van der Waals surface area contributed by atoms with Crippen LogP contribution in [0.15, 0.2) is 54.7 Å². The molecule has 2 N–H and O–H groups in total. The minimum atomic E-state index is 0.855. The number of benzene rings is 2. The predicted octanol–water partition coefficient (Wildman–Crippen LogP) is 4.73. The van der Waals surface area contributed by atoms with Gasteiger partial charge in [0.05, 0.1) is 0 Å². The zero-order valence-electron chi connectivity index (χ0n) is 11.8. The molecule has 2 nitrogen and oxygen atoms in total. The minimum absolute atomic E-state index is 0.855. The average molecular weight is 264 g/mol. The van der Waals surface area contributed by atoms with Crippen molar-refractivity contribution in [1.82, 2.24) is 4.98 Å². The van der Waals surface area contributed by atoms with Crippen LogP contribution in [0.5, 0.6) is 0 Å². The van der Waals surface area contributed by atoms with Crippen LogP contribution in [0.3, 0.4) is 0 Å². The van der Waals surface area contributed by atoms with Crippen LogP contribution >= 0.6 is 0 Å². The van der Waals surface area contributed by atoms with Crippen molar-refractivity contribution < 1.29 is 0 Å². The molecule has 0 spiro atoms. The van der Waals surface area contributed by atoms with Gasteiger partial charge in [-0.15, -0.1) is 0 Å². The second-order valence-electron chi connectivity index (χ2n) is 5.20. The fraction of sp³-hybridized carbons (Fsp3) is 0.222. The van der Waals surface area contributed by atoms with Crippen LogP contribution in [0.2, 0.25) is 0 Å². The molecule has 0 radical (unpaired) electrons. The van der Waals surface area contributed by atoms with Crippen LogP contribution in [0.4, 0.5) is 5.69 Å². The van der Waals surface area contributed by atoms with Crippen LogP contribution in [0.25, 0.3) is 10.9 Å². The van der Waals surface area contributed by atoms with Crippen molar-refractivity contribution >= 4 is 16.6 Å². The maximum atomic E-state index is 3.48. The zero-order valence-corrected chi connectivity index (χ0v) is 11.8. The van der Waals surface area contributed by atoms with Crippen molar-refractivity contribution in [3.8, 4) is 0 Å². The van der Waals surface area contributed by atoms with Crippen molar-refractivity contribution in [2.75, 3.05) is 5.32 Å². The Bertz CT molecular complexity index is 680. The van der Waals surface area contributed by atoms with Gasteiger partial charge in [-0.1, -0.05) is 31.5 Å². The molecule has 0 saturated carbocycles. The predicted molar refractivity (Wildman–Crippen MR) is 86.1 cm³/mol. The van der Waals surface area contributed by atoms with Gasteiger partial charge in [0.15, 0.2) is 0 Å². The Kier molecular flexibility index (Phi) is 3.73. The summed E-state index contributed by atoms with van der Waals surface area (Å²) in [5.74, 6) is 0. The van der Waals surface area contributed by atoms with E-state index < -0.39 is 0 Å². The molecule has 0 aliphatic carbocycles. The molecule has 1 heterocycles. The van der Waals surface area contributed by atoms with Crippen molar-refractivity contribution in [2.45, 2.75) is 26.3 Å². The van der Waals surface area contributed by atoms with E-state index in [4.69, 9.17) is 0 Å². The van der Waals surface area contributed by atoms with Crippen molar-refractivity contribution in [3.63, 3.8) is 0 Å². The number of hydrogen-bond donors (Lipinski definition) is 2. The number of H-pyrrole nitrogens is 1. The summed E-state index contributed by atoms with van der Waals surface area (Å²) in [5, 5.41) is 4.74. The molecule has 0 fully saturated rings. The first-order valence-electron chi connectivity index (χ1n) is 7.24. The number of fused-ring (bicyclic) bond motifs is 1. The molecule has 0 amide bonds. The van der Waals surface area contributed by atoms with E-state index in [0.29, 0.717) is 0 Å². The SMILES string of the molecule is CCCc1ccc(NCc2ccc3[nH]ccc3c2)cc1. The first-order chi connectivity index (χ1) is 9.85. The lowest BCUT2D eigenvalue weighted by Crippen LogP contribution is -1.99. The second-order valence-corrected chi connectivity index (χ2v) is 5.20. The van der Waals surface area contributed by atoms with Gasteiger partial charge in [0.25, 0.3) is 0 Å². The summed E-state index contributed by atoms with van der Waals surface area (Å²) in [5.41, 5.74) is 5.08. The number of rotatable bonds is 5. The number of aromatic nitrogens is 1. The third-order valence-corrected chi connectivity index (χ3v) is 3.61. The summed E-state index contributed by atoms with van der Waals surface area (Å²) < 4.78 is 0. The Hall–Kier alpha value is -2.22. The highest BCUT2D eigenvalue weighted by Crippen LogP contribution is 2.16. The molecule has 2 aromatic carbocycles. The Morgan fingerprint density at radius 2 is 1.75 bits per heavy atom. The van der Waals surface area contributed by atoms with Gasteiger partial charge in [-0.2, -0.15) is 0 Å². The number of aryl methyl sites for hydroxylation is 1. The minimum Gasteiger partial charge on any atom is -0.381 e. The molecule has 3 aromatic rings. The molecule has 2 heteroatoms. The molecule has 3 rings (SSSR count). The lowest BCUT2D eigenvalue weighted by atomic mass is 10.1. The number of anilines is 1. The van der Waals surface area contributed by atoms with Gasteiger partial charge in [0.1, 0.15) is 0 Å². The van der Waals surface area contributed by atoms with Gasteiger partial charge in [0.2, 0.25) is 0 Å². The lowest BCUT2D eigenvalue weighted by molar-refractivity contribution is 0.922. The summed E-state index contributed by atoms with van der Waals surface area (Å²) >= 11 is 0.